The minimum absolute atomic E-state index is 0.108. The van der Waals surface area contributed by atoms with Crippen LogP contribution in [0.2, 0.25) is 0 Å². The third kappa shape index (κ3) is 2.72. The molecular formula is C12H15F2NO2. The van der Waals surface area contributed by atoms with E-state index < -0.39 is 23.2 Å². The minimum atomic E-state index is -1.47. The summed E-state index contributed by atoms with van der Waals surface area (Å²) in [6.07, 6.45) is 0.801. The Kier molecular flexibility index (Phi) is 4.43. The molecule has 0 aliphatic carbocycles. The van der Waals surface area contributed by atoms with Gasteiger partial charge in [-0.25, -0.2) is 13.6 Å². The van der Waals surface area contributed by atoms with Crippen LogP contribution in [0.15, 0.2) is 12.1 Å². The second kappa shape index (κ2) is 5.61. The lowest BCUT2D eigenvalue weighted by molar-refractivity contribution is 0.0690. The summed E-state index contributed by atoms with van der Waals surface area (Å²) in [5.41, 5.74) is -0.532. The van der Waals surface area contributed by atoms with E-state index in [9.17, 15) is 13.6 Å². The van der Waals surface area contributed by atoms with Crippen molar-refractivity contribution >= 4 is 11.7 Å². The van der Waals surface area contributed by atoms with Crippen molar-refractivity contribution in [2.24, 2.45) is 0 Å². The van der Waals surface area contributed by atoms with Crippen molar-refractivity contribution in [1.29, 1.82) is 0 Å². The number of aromatic carboxylic acids is 1. The number of anilines is 1. The zero-order valence-corrected chi connectivity index (χ0v) is 9.83. The standard InChI is InChI=1S/C12H15F2NO2/c1-3-7-15(4-2)9-6-5-8(12(16)17)10(13)11(9)14/h5-6H,3-4,7H2,1-2H3,(H,16,17). The number of rotatable bonds is 5. The predicted octanol–water partition coefficient (Wildman–Crippen LogP) is 2.90. The summed E-state index contributed by atoms with van der Waals surface area (Å²) in [7, 11) is 0. The zero-order valence-electron chi connectivity index (χ0n) is 9.83. The van der Waals surface area contributed by atoms with Gasteiger partial charge in [0.05, 0.1) is 11.3 Å². The van der Waals surface area contributed by atoms with Crippen molar-refractivity contribution in [3.63, 3.8) is 0 Å². The minimum Gasteiger partial charge on any atom is -0.478 e. The summed E-state index contributed by atoms with van der Waals surface area (Å²) < 4.78 is 27.2. The average Bonchev–Trinajstić information content (AvgIpc) is 2.29. The normalized spacial score (nSPS) is 10.4. The maximum absolute atomic E-state index is 13.7. The number of carboxylic acid groups (broad SMARTS) is 1. The second-order valence-electron chi connectivity index (χ2n) is 3.65. The van der Waals surface area contributed by atoms with Crippen LogP contribution in [0.5, 0.6) is 0 Å². The quantitative estimate of drug-likeness (QED) is 0.864. The molecule has 1 aromatic rings. The molecule has 0 unspecified atom stereocenters. The lowest BCUT2D eigenvalue weighted by Gasteiger charge is -2.23. The molecule has 1 aromatic carbocycles. The predicted molar refractivity (Wildman–Crippen MR) is 61.5 cm³/mol. The highest BCUT2D eigenvalue weighted by Gasteiger charge is 2.20. The van der Waals surface area contributed by atoms with Gasteiger partial charge in [0.2, 0.25) is 0 Å². The van der Waals surface area contributed by atoms with Crippen LogP contribution in [0.4, 0.5) is 14.5 Å². The molecule has 0 heterocycles. The molecule has 0 saturated heterocycles. The van der Waals surface area contributed by atoms with E-state index in [-0.39, 0.29) is 5.69 Å². The summed E-state index contributed by atoms with van der Waals surface area (Å²) in [6, 6.07) is 2.40. The number of nitrogens with zero attached hydrogens (tertiary/aromatic N) is 1. The number of carbonyl (C=O) groups is 1. The lowest BCUT2D eigenvalue weighted by atomic mass is 10.1. The monoisotopic (exact) mass is 243 g/mol. The molecule has 0 aliphatic rings. The molecule has 0 spiro atoms. The van der Waals surface area contributed by atoms with Gasteiger partial charge in [0.15, 0.2) is 11.6 Å². The molecule has 0 amide bonds. The first-order valence-corrected chi connectivity index (χ1v) is 5.49. The fourth-order valence-corrected chi connectivity index (χ4v) is 1.67. The molecule has 0 aliphatic heterocycles. The van der Waals surface area contributed by atoms with Gasteiger partial charge in [-0.2, -0.15) is 0 Å². The highest BCUT2D eigenvalue weighted by atomic mass is 19.2. The second-order valence-corrected chi connectivity index (χ2v) is 3.65. The highest BCUT2D eigenvalue weighted by Crippen LogP contribution is 2.24. The molecule has 1 N–H and O–H groups in total. The molecule has 5 heteroatoms. The van der Waals surface area contributed by atoms with Gasteiger partial charge in [0.25, 0.3) is 0 Å². The van der Waals surface area contributed by atoms with E-state index >= 15 is 0 Å². The van der Waals surface area contributed by atoms with Crippen molar-refractivity contribution in [2.45, 2.75) is 20.3 Å². The van der Waals surface area contributed by atoms with Crippen LogP contribution < -0.4 is 4.90 Å². The topological polar surface area (TPSA) is 40.5 Å². The third-order valence-electron chi connectivity index (χ3n) is 2.51. The number of halogens is 2. The first-order chi connectivity index (χ1) is 8.02. The van der Waals surface area contributed by atoms with Crippen LogP contribution in [-0.4, -0.2) is 24.2 Å². The largest absolute Gasteiger partial charge is 0.478 e. The smallest absolute Gasteiger partial charge is 0.338 e. The Bertz CT molecular complexity index is 421. The van der Waals surface area contributed by atoms with Crippen molar-refractivity contribution in [1.82, 2.24) is 0 Å². The fourth-order valence-electron chi connectivity index (χ4n) is 1.67. The van der Waals surface area contributed by atoms with E-state index in [0.717, 1.165) is 12.5 Å². The van der Waals surface area contributed by atoms with Crippen LogP contribution in [0.3, 0.4) is 0 Å². The first kappa shape index (κ1) is 13.4. The third-order valence-corrected chi connectivity index (χ3v) is 2.51. The van der Waals surface area contributed by atoms with Gasteiger partial charge in [-0.15, -0.1) is 0 Å². The molecule has 0 bridgehead atoms. The molecule has 0 aromatic heterocycles. The van der Waals surface area contributed by atoms with Crippen molar-refractivity contribution in [2.75, 3.05) is 18.0 Å². The van der Waals surface area contributed by atoms with Crippen molar-refractivity contribution in [3.05, 3.63) is 29.3 Å². The van der Waals surface area contributed by atoms with E-state index in [4.69, 9.17) is 5.11 Å². The van der Waals surface area contributed by atoms with Crippen molar-refractivity contribution < 1.29 is 18.7 Å². The van der Waals surface area contributed by atoms with Gasteiger partial charge in [0, 0.05) is 13.1 Å². The Labute approximate surface area is 98.7 Å². The van der Waals surface area contributed by atoms with E-state index in [1.807, 2.05) is 13.8 Å². The first-order valence-electron chi connectivity index (χ1n) is 5.49. The van der Waals surface area contributed by atoms with Gasteiger partial charge in [-0.05, 0) is 25.5 Å². The van der Waals surface area contributed by atoms with Crippen LogP contribution in [-0.2, 0) is 0 Å². The maximum Gasteiger partial charge on any atom is 0.338 e. The van der Waals surface area contributed by atoms with E-state index in [1.54, 1.807) is 4.90 Å². The van der Waals surface area contributed by atoms with E-state index in [1.165, 1.54) is 6.07 Å². The summed E-state index contributed by atoms with van der Waals surface area (Å²) in [4.78, 5) is 12.3. The molecule has 94 valence electrons. The Morgan fingerprint density at radius 3 is 2.41 bits per heavy atom. The number of carboxylic acids is 1. The van der Waals surface area contributed by atoms with E-state index in [0.29, 0.717) is 13.1 Å². The van der Waals surface area contributed by atoms with Gasteiger partial charge in [-0.3, -0.25) is 0 Å². The molecule has 0 atom stereocenters. The summed E-state index contributed by atoms with van der Waals surface area (Å²) in [5.74, 6) is -3.86. The Morgan fingerprint density at radius 2 is 1.94 bits per heavy atom. The molecule has 0 fully saturated rings. The molecule has 0 saturated carbocycles. The molecular weight excluding hydrogens is 228 g/mol. The maximum atomic E-state index is 13.7. The summed E-state index contributed by atoms with van der Waals surface area (Å²) in [5, 5.41) is 8.66. The summed E-state index contributed by atoms with van der Waals surface area (Å²) >= 11 is 0. The Morgan fingerprint density at radius 1 is 1.29 bits per heavy atom. The Hall–Kier alpha value is -1.65. The number of hydrogen-bond acceptors (Lipinski definition) is 2. The summed E-state index contributed by atoms with van der Waals surface area (Å²) in [6.45, 7) is 4.90. The lowest BCUT2D eigenvalue weighted by Crippen LogP contribution is -2.25. The van der Waals surface area contributed by atoms with Gasteiger partial charge < -0.3 is 10.0 Å². The number of hydrogen-bond donors (Lipinski definition) is 1. The van der Waals surface area contributed by atoms with Crippen LogP contribution in [0.1, 0.15) is 30.6 Å². The average molecular weight is 243 g/mol. The fraction of sp³-hybridized carbons (Fsp3) is 0.417. The van der Waals surface area contributed by atoms with Gasteiger partial charge in [-0.1, -0.05) is 6.92 Å². The number of benzene rings is 1. The molecule has 17 heavy (non-hydrogen) atoms. The molecule has 0 radical (unpaired) electrons. The van der Waals surface area contributed by atoms with Gasteiger partial charge >= 0.3 is 5.97 Å². The molecule has 1 rings (SSSR count). The SMILES string of the molecule is CCCN(CC)c1ccc(C(=O)O)c(F)c1F. The van der Waals surface area contributed by atoms with Crippen molar-refractivity contribution in [3.8, 4) is 0 Å². The van der Waals surface area contributed by atoms with Gasteiger partial charge in [0.1, 0.15) is 0 Å². The molecule has 3 nitrogen and oxygen atoms in total. The Balaban J connectivity index is 3.19. The van der Waals surface area contributed by atoms with Crippen LogP contribution in [0, 0.1) is 11.6 Å². The van der Waals surface area contributed by atoms with Crippen LogP contribution >= 0.6 is 0 Å². The highest BCUT2D eigenvalue weighted by molar-refractivity contribution is 5.88. The zero-order chi connectivity index (χ0) is 13.0. The van der Waals surface area contributed by atoms with Crippen LogP contribution in [0.25, 0.3) is 0 Å². The van der Waals surface area contributed by atoms with E-state index in [2.05, 4.69) is 0 Å².